The SMILES string of the molecule is CN(C)CCC1=C(C#N)C(C2=CC=CC(=N)C2=N)c2cn[nH]c2N1. The highest BCUT2D eigenvalue weighted by Gasteiger charge is 2.34. The third kappa shape index (κ3) is 2.68. The van der Waals surface area contributed by atoms with Crippen LogP contribution >= 0.6 is 0 Å². The average Bonchev–Trinajstić information content (AvgIpc) is 3.02. The molecule has 1 aliphatic heterocycles. The molecule has 7 nitrogen and oxygen atoms in total. The van der Waals surface area contributed by atoms with Gasteiger partial charge in [-0.1, -0.05) is 12.2 Å². The molecule has 1 aromatic heterocycles. The lowest BCUT2D eigenvalue weighted by atomic mass is 9.78. The summed E-state index contributed by atoms with van der Waals surface area (Å²) in [6, 6.07) is 2.32. The fourth-order valence-corrected chi connectivity index (χ4v) is 2.96. The second-order valence-electron chi connectivity index (χ2n) is 6.09. The van der Waals surface area contributed by atoms with Crippen molar-refractivity contribution in [3.63, 3.8) is 0 Å². The number of allylic oxidation sites excluding steroid dienone is 5. The molecule has 0 saturated carbocycles. The summed E-state index contributed by atoms with van der Waals surface area (Å²) in [5.74, 6) is 0.377. The van der Waals surface area contributed by atoms with Gasteiger partial charge >= 0.3 is 0 Å². The van der Waals surface area contributed by atoms with Gasteiger partial charge in [0.2, 0.25) is 0 Å². The Morgan fingerprint density at radius 1 is 1.38 bits per heavy atom. The first-order valence-corrected chi connectivity index (χ1v) is 7.67. The lowest BCUT2D eigenvalue weighted by molar-refractivity contribution is 0.412. The first-order valence-electron chi connectivity index (χ1n) is 7.67. The van der Waals surface area contributed by atoms with Gasteiger partial charge < -0.3 is 10.2 Å². The van der Waals surface area contributed by atoms with Crippen LogP contribution in [0.25, 0.3) is 0 Å². The number of nitrogens with zero attached hydrogens (tertiary/aromatic N) is 3. The zero-order valence-electron chi connectivity index (χ0n) is 13.6. The van der Waals surface area contributed by atoms with Crippen molar-refractivity contribution in [3.8, 4) is 6.07 Å². The molecule has 1 aromatic rings. The van der Waals surface area contributed by atoms with Crippen LogP contribution in [0.4, 0.5) is 5.82 Å². The maximum absolute atomic E-state index is 9.78. The van der Waals surface area contributed by atoms with E-state index >= 15 is 0 Å². The monoisotopic (exact) mass is 321 g/mol. The minimum Gasteiger partial charge on any atom is -0.343 e. The molecular weight excluding hydrogens is 302 g/mol. The minimum atomic E-state index is -0.375. The number of rotatable bonds is 4. The van der Waals surface area contributed by atoms with Crippen LogP contribution in [-0.4, -0.2) is 47.2 Å². The van der Waals surface area contributed by atoms with Crippen LogP contribution in [0.5, 0.6) is 0 Å². The van der Waals surface area contributed by atoms with Gasteiger partial charge in [-0.25, -0.2) is 0 Å². The second-order valence-corrected chi connectivity index (χ2v) is 6.09. The van der Waals surface area contributed by atoms with E-state index in [1.807, 2.05) is 20.2 Å². The molecule has 0 fully saturated rings. The number of aromatic nitrogens is 2. The van der Waals surface area contributed by atoms with E-state index in [4.69, 9.17) is 10.8 Å². The molecule has 3 rings (SSSR count). The van der Waals surface area contributed by atoms with Gasteiger partial charge in [-0.2, -0.15) is 10.4 Å². The van der Waals surface area contributed by atoms with Crippen LogP contribution in [-0.2, 0) is 0 Å². The third-order valence-corrected chi connectivity index (χ3v) is 4.21. The number of H-pyrrole nitrogens is 1. The number of hydrogen-bond donors (Lipinski definition) is 4. The van der Waals surface area contributed by atoms with Crippen LogP contribution in [0.15, 0.2) is 41.3 Å². The van der Waals surface area contributed by atoms with Crippen molar-refractivity contribution >= 4 is 17.2 Å². The number of nitrogens with one attached hydrogen (secondary N) is 4. The molecule has 24 heavy (non-hydrogen) atoms. The molecule has 0 amide bonds. The summed E-state index contributed by atoms with van der Waals surface area (Å²) < 4.78 is 0. The van der Waals surface area contributed by atoms with Crippen molar-refractivity contribution in [2.75, 3.05) is 26.0 Å². The smallest absolute Gasteiger partial charge is 0.129 e. The number of aromatic amines is 1. The normalized spacial score (nSPS) is 19.9. The Labute approximate surface area is 140 Å². The molecule has 4 N–H and O–H groups in total. The fraction of sp³-hybridized carbons (Fsp3) is 0.294. The molecule has 0 spiro atoms. The van der Waals surface area contributed by atoms with Crippen molar-refractivity contribution < 1.29 is 0 Å². The summed E-state index contributed by atoms with van der Waals surface area (Å²) in [6.07, 6.45) is 7.54. The molecule has 7 heteroatoms. The molecule has 0 aromatic carbocycles. The summed E-state index contributed by atoms with van der Waals surface area (Å²) in [5.41, 5.74) is 3.22. The number of hydrogen-bond acceptors (Lipinski definition) is 6. The summed E-state index contributed by atoms with van der Waals surface area (Å²) >= 11 is 0. The Balaban J connectivity index is 2.09. The highest BCUT2D eigenvalue weighted by molar-refractivity contribution is 6.51. The van der Waals surface area contributed by atoms with Crippen molar-refractivity contribution in [2.24, 2.45) is 0 Å². The quantitative estimate of drug-likeness (QED) is 0.636. The largest absolute Gasteiger partial charge is 0.343 e. The fourth-order valence-electron chi connectivity index (χ4n) is 2.96. The zero-order chi connectivity index (χ0) is 17.3. The molecule has 0 saturated heterocycles. The first-order chi connectivity index (χ1) is 11.5. The summed E-state index contributed by atoms with van der Waals surface area (Å²) in [5, 5.41) is 36.2. The van der Waals surface area contributed by atoms with Crippen molar-refractivity contribution in [1.82, 2.24) is 15.1 Å². The van der Waals surface area contributed by atoms with Crippen LogP contribution < -0.4 is 5.32 Å². The van der Waals surface area contributed by atoms with Gasteiger partial charge in [-0.3, -0.25) is 15.9 Å². The van der Waals surface area contributed by atoms with Crippen LogP contribution in [0, 0.1) is 22.1 Å². The van der Waals surface area contributed by atoms with E-state index in [-0.39, 0.29) is 17.3 Å². The number of fused-ring (bicyclic) bond motifs is 1. The topological polar surface area (TPSA) is 115 Å². The van der Waals surface area contributed by atoms with Gasteiger partial charge in [0, 0.05) is 24.2 Å². The summed E-state index contributed by atoms with van der Waals surface area (Å²) in [4.78, 5) is 2.06. The lowest BCUT2D eigenvalue weighted by Crippen LogP contribution is -2.26. The second kappa shape index (κ2) is 6.26. The average molecular weight is 321 g/mol. The third-order valence-electron chi connectivity index (χ3n) is 4.21. The van der Waals surface area contributed by atoms with Gasteiger partial charge in [0.1, 0.15) is 5.82 Å². The van der Waals surface area contributed by atoms with Gasteiger partial charge in [0.05, 0.1) is 35.2 Å². The van der Waals surface area contributed by atoms with Crippen LogP contribution in [0.3, 0.4) is 0 Å². The summed E-state index contributed by atoms with van der Waals surface area (Å²) in [6.45, 7) is 0.802. The Kier molecular flexibility index (Phi) is 4.15. The highest BCUT2D eigenvalue weighted by atomic mass is 15.2. The van der Waals surface area contributed by atoms with E-state index in [9.17, 15) is 5.26 Å². The van der Waals surface area contributed by atoms with E-state index in [2.05, 4.69) is 26.5 Å². The van der Waals surface area contributed by atoms with Crippen LogP contribution in [0.2, 0.25) is 0 Å². The Bertz CT molecular complexity index is 829. The molecule has 122 valence electrons. The van der Waals surface area contributed by atoms with Crippen molar-refractivity contribution in [2.45, 2.75) is 12.3 Å². The molecule has 1 atom stereocenters. The molecule has 1 aliphatic carbocycles. The molecule has 2 aliphatic rings. The summed E-state index contributed by atoms with van der Waals surface area (Å²) in [7, 11) is 3.97. The Hall–Kier alpha value is -2.98. The van der Waals surface area contributed by atoms with E-state index < -0.39 is 0 Å². The van der Waals surface area contributed by atoms with Crippen LogP contribution in [0.1, 0.15) is 17.9 Å². The number of nitriles is 1. The van der Waals surface area contributed by atoms with E-state index in [0.717, 1.165) is 23.6 Å². The highest BCUT2D eigenvalue weighted by Crippen LogP contribution is 2.42. The van der Waals surface area contributed by atoms with E-state index in [0.29, 0.717) is 17.6 Å². The zero-order valence-corrected chi connectivity index (χ0v) is 13.6. The molecule has 0 bridgehead atoms. The minimum absolute atomic E-state index is 0.149. The molecule has 2 heterocycles. The lowest BCUT2D eigenvalue weighted by Gasteiger charge is -2.29. The van der Waals surface area contributed by atoms with Crippen molar-refractivity contribution in [3.05, 3.63) is 46.8 Å². The van der Waals surface area contributed by atoms with Gasteiger partial charge in [-0.15, -0.1) is 0 Å². The predicted octanol–water partition coefficient (Wildman–Crippen LogP) is 2.18. The standard InChI is InChI=1S/C17H19N7/c1-24(2)7-6-14-11(8-18)15(12-9-21-23-17(12)22-14)10-4-3-5-13(19)16(10)20/h3-5,9,15,19-20H,6-7H2,1-2H3,(H2,21,22,23). The molecule has 1 unspecified atom stereocenters. The Morgan fingerprint density at radius 2 is 2.17 bits per heavy atom. The maximum atomic E-state index is 9.78. The number of anilines is 1. The van der Waals surface area contributed by atoms with Gasteiger partial charge in [-0.05, 0) is 25.7 Å². The van der Waals surface area contributed by atoms with E-state index in [1.165, 1.54) is 0 Å². The maximum Gasteiger partial charge on any atom is 0.129 e. The van der Waals surface area contributed by atoms with Gasteiger partial charge in [0.25, 0.3) is 0 Å². The first kappa shape index (κ1) is 15.9. The molecule has 0 radical (unpaired) electrons. The molecular formula is C17H19N7. The van der Waals surface area contributed by atoms with Gasteiger partial charge in [0.15, 0.2) is 0 Å². The predicted molar refractivity (Wildman–Crippen MR) is 93.4 cm³/mol. The van der Waals surface area contributed by atoms with Crippen molar-refractivity contribution in [1.29, 1.82) is 16.1 Å². The Morgan fingerprint density at radius 3 is 2.88 bits per heavy atom. The van der Waals surface area contributed by atoms with E-state index in [1.54, 1.807) is 18.3 Å².